The SMILES string of the molecule is C=C(C)c1cccc2c1CN(Cc1c(C)cc(C)cc1C)C2C(=O)O. The van der Waals surface area contributed by atoms with E-state index in [9.17, 15) is 9.90 Å². The summed E-state index contributed by atoms with van der Waals surface area (Å²) in [7, 11) is 0. The lowest BCUT2D eigenvalue weighted by atomic mass is 9.96. The van der Waals surface area contributed by atoms with Gasteiger partial charge in [0.15, 0.2) is 0 Å². The molecule has 0 bridgehead atoms. The van der Waals surface area contributed by atoms with Gasteiger partial charge in [0.05, 0.1) is 0 Å². The maximum atomic E-state index is 12.0. The topological polar surface area (TPSA) is 40.5 Å². The molecule has 3 rings (SSSR count). The van der Waals surface area contributed by atoms with Crippen molar-refractivity contribution in [2.45, 2.75) is 46.8 Å². The number of nitrogens with zero attached hydrogens (tertiary/aromatic N) is 1. The van der Waals surface area contributed by atoms with Gasteiger partial charge in [0.2, 0.25) is 0 Å². The molecule has 3 nitrogen and oxygen atoms in total. The minimum Gasteiger partial charge on any atom is -0.480 e. The lowest BCUT2D eigenvalue weighted by Crippen LogP contribution is -2.28. The molecule has 3 heteroatoms. The third kappa shape index (κ3) is 3.12. The lowest BCUT2D eigenvalue weighted by molar-refractivity contribution is -0.143. The van der Waals surface area contributed by atoms with E-state index in [2.05, 4.69) is 44.4 Å². The first-order valence-corrected chi connectivity index (χ1v) is 8.61. The fourth-order valence-corrected chi connectivity index (χ4v) is 4.03. The van der Waals surface area contributed by atoms with E-state index in [1.807, 2.05) is 25.1 Å². The molecular weight excluding hydrogens is 310 g/mol. The number of fused-ring (bicyclic) bond motifs is 1. The number of aryl methyl sites for hydroxylation is 3. The number of carbonyl (C=O) groups is 1. The van der Waals surface area contributed by atoms with Crippen LogP contribution in [0.2, 0.25) is 0 Å². The fraction of sp³-hybridized carbons (Fsp3) is 0.318. The lowest BCUT2D eigenvalue weighted by Gasteiger charge is -2.24. The molecule has 0 amide bonds. The van der Waals surface area contributed by atoms with Crippen LogP contribution in [0.3, 0.4) is 0 Å². The van der Waals surface area contributed by atoms with E-state index >= 15 is 0 Å². The van der Waals surface area contributed by atoms with Crippen LogP contribution in [-0.4, -0.2) is 16.0 Å². The van der Waals surface area contributed by atoms with E-state index in [1.54, 1.807) is 0 Å². The Bertz CT molecular complexity index is 843. The normalized spacial score (nSPS) is 16.7. The van der Waals surface area contributed by atoms with Gasteiger partial charge in [-0.1, -0.05) is 48.0 Å². The van der Waals surface area contributed by atoms with Gasteiger partial charge in [0.25, 0.3) is 0 Å². The van der Waals surface area contributed by atoms with Crippen molar-refractivity contribution in [1.29, 1.82) is 0 Å². The van der Waals surface area contributed by atoms with Gasteiger partial charge in [-0.25, -0.2) is 0 Å². The number of hydrogen-bond donors (Lipinski definition) is 1. The molecule has 2 aromatic rings. The van der Waals surface area contributed by atoms with Crippen LogP contribution < -0.4 is 0 Å². The Morgan fingerprint density at radius 2 is 1.88 bits per heavy atom. The Balaban J connectivity index is 2.02. The first kappa shape index (κ1) is 17.4. The van der Waals surface area contributed by atoms with E-state index in [-0.39, 0.29) is 0 Å². The summed E-state index contributed by atoms with van der Waals surface area (Å²) in [4.78, 5) is 14.1. The highest BCUT2D eigenvalue weighted by Crippen LogP contribution is 2.39. The third-order valence-corrected chi connectivity index (χ3v) is 5.13. The van der Waals surface area contributed by atoms with E-state index in [0.717, 1.165) is 22.3 Å². The quantitative estimate of drug-likeness (QED) is 0.873. The molecular formula is C22H25NO2. The van der Waals surface area contributed by atoms with Gasteiger partial charge < -0.3 is 5.11 Å². The second kappa shape index (κ2) is 6.49. The molecule has 1 aliphatic heterocycles. The van der Waals surface area contributed by atoms with Gasteiger partial charge >= 0.3 is 5.97 Å². The Hall–Kier alpha value is -2.39. The van der Waals surface area contributed by atoms with E-state index < -0.39 is 12.0 Å². The number of hydrogen-bond acceptors (Lipinski definition) is 2. The van der Waals surface area contributed by atoms with Crippen molar-refractivity contribution in [3.63, 3.8) is 0 Å². The molecule has 1 unspecified atom stereocenters. The zero-order valence-corrected chi connectivity index (χ0v) is 15.4. The number of aliphatic carboxylic acids is 1. The molecule has 1 atom stereocenters. The maximum absolute atomic E-state index is 12.0. The van der Waals surface area contributed by atoms with Gasteiger partial charge in [-0.15, -0.1) is 0 Å². The molecule has 1 aliphatic rings. The van der Waals surface area contributed by atoms with Gasteiger partial charge in [-0.2, -0.15) is 0 Å². The summed E-state index contributed by atoms with van der Waals surface area (Å²) < 4.78 is 0. The van der Waals surface area contributed by atoms with Crippen molar-refractivity contribution in [2.75, 3.05) is 0 Å². The summed E-state index contributed by atoms with van der Waals surface area (Å²) in [6.07, 6.45) is 0. The average molecular weight is 335 g/mol. The van der Waals surface area contributed by atoms with E-state index in [1.165, 1.54) is 22.3 Å². The van der Waals surface area contributed by atoms with Crippen LogP contribution in [0.25, 0.3) is 5.57 Å². The van der Waals surface area contributed by atoms with Gasteiger partial charge in [0.1, 0.15) is 6.04 Å². The van der Waals surface area contributed by atoms with Crippen LogP contribution in [0, 0.1) is 20.8 Å². The molecule has 0 spiro atoms. The Kier molecular flexibility index (Phi) is 4.53. The Morgan fingerprint density at radius 3 is 2.44 bits per heavy atom. The largest absolute Gasteiger partial charge is 0.480 e. The molecule has 0 aliphatic carbocycles. The smallest absolute Gasteiger partial charge is 0.325 e. The molecule has 0 saturated heterocycles. The second-order valence-electron chi connectivity index (χ2n) is 7.18. The Morgan fingerprint density at radius 1 is 1.24 bits per heavy atom. The number of rotatable bonds is 4. The molecule has 0 radical (unpaired) electrons. The number of allylic oxidation sites excluding steroid dienone is 1. The van der Waals surface area contributed by atoms with Gasteiger partial charge in [-0.05, 0) is 61.1 Å². The molecule has 0 fully saturated rings. The summed E-state index contributed by atoms with van der Waals surface area (Å²) in [5.74, 6) is -0.792. The first-order valence-electron chi connectivity index (χ1n) is 8.61. The highest BCUT2D eigenvalue weighted by molar-refractivity contribution is 5.79. The molecule has 0 saturated carbocycles. The number of carboxylic acid groups (broad SMARTS) is 1. The monoisotopic (exact) mass is 335 g/mol. The summed E-state index contributed by atoms with van der Waals surface area (Å²) in [5, 5.41) is 9.86. The van der Waals surface area contributed by atoms with Crippen molar-refractivity contribution in [3.8, 4) is 0 Å². The van der Waals surface area contributed by atoms with Crippen LogP contribution in [-0.2, 0) is 17.9 Å². The Labute approximate surface area is 149 Å². The fourth-order valence-electron chi connectivity index (χ4n) is 4.03. The van der Waals surface area contributed by atoms with Crippen molar-refractivity contribution in [3.05, 3.63) is 75.9 Å². The molecule has 1 N–H and O–H groups in total. The van der Waals surface area contributed by atoms with Crippen LogP contribution in [0.5, 0.6) is 0 Å². The summed E-state index contributed by atoms with van der Waals surface area (Å²) in [6, 6.07) is 9.64. The average Bonchev–Trinajstić information content (AvgIpc) is 2.88. The molecule has 130 valence electrons. The van der Waals surface area contributed by atoms with Crippen molar-refractivity contribution in [2.24, 2.45) is 0 Å². The molecule has 0 aromatic heterocycles. The van der Waals surface area contributed by atoms with Crippen molar-refractivity contribution in [1.82, 2.24) is 4.90 Å². The standard InChI is InChI=1S/C22H25NO2/c1-13(2)17-7-6-8-18-20(17)12-23(21(18)22(24)25)11-19-15(4)9-14(3)10-16(19)5/h6-10,21H,1,11-12H2,2-5H3,(H,24,25). The molecule has 1 heterocycles. The maximum Gasteiger partial charge on any atom is 0.325 e. The zero-order valence-electron chi connectivity index (χ0n) is 15.4. The summed E-state index contributed by atoms with van der Waals surface area (Å²) in [5.41, 5.74) is 8.95. The summed E-state index contributed by atoms with van der Waals surface area (Å²) >= 11 is 0. The molecule has 2 aromatic carbocycles. The van der Waals surface area contributed by atoms with Crippen molar-refractivity contribution < 1.29 is 9.90 Å². The minimum atomic E-state index is -0.792. The number of benzene rings is 2. The number of carboxylic acids is 1. The van der Waals surface area contributed by atoms with Crippen LogP contribution in [0.4, 0.5) is 0 Å². The van der Waals surface area contributed by atoms with Crippen LogP contribution >= 0.6 is 0 Å². The zero-order chi connectivity index (χ0) is 18.3. The highest BCUT2D eigenvalue weighted by atomic mass is 16.4. The van der Waals surface area contributed by atoms with Crippen molar-refractivity contribution >= 4 is 11.5 Å². The minimum absolute atomic E-state index is 0.602. The first-order chi connectivity index (χ1) is 11.8. The summed E-state index contributed by atoms with van der Waals surface area (Å²) in [6.45, 7) is 13.6. The van der Waals surface area contributed by atoms with Crippen LogP contribution in [0.15, 0.2) is 36.9 Å². The van der Waals surface area contributed by atoms with E-state index in [0.29, 0.717) is 13.1 Å². The predicted molar refractivity (Wildman–Crippen MR) is 101 cm³/mol. The van der Waals surface area contributed by atoms with Crippen LogP contribution in [0.1, 0.15) is 51.9 Å². The van der Waals surface area contributed by atoms with Gasteiger partial charge in [0, 0.05) is 13.1 Å². The highest BCUT2D eigenvalue weighted by Gasteiger charge is 2.37. The predicted octanol–water partition coefficient (Wildman–Crippen LogP) is 4.79. The molecule has 25 heavy (non-hydrogen) atoms. The van der Waals surface area contributed by atoms with E-state index in [4.69, 9.17) is 0 Å². The second-order valence-corrected chi connectivity index (χ2v) is 7.18. The van der Waals surface area contributed by atoms with Gasteiger partial charge in [-0.3, -0.25) is 9.69 Å². The third-order valence-electron chi connectivity index (χ3n) is 5.13.